The van der Waals surface area contributed by atoms with Crippen molar-refractivity contribution in [1.29, 1.82) is 0 Å². The molecule has 0 rings (SSSR count). The van der Waals surface area contributed by atoms with Gasteiger partial charge in [0.15, 0.2) is 12.2 Å². The highest BCUT2D eigenvalue weighted by molar-refractivity contribution is 7.47. The van der Waals surface area contributed by atoms with Crippen LogP contribution in [0.1, 0.15) is 446 Å². The van der Waals surface area contributed by atoms with Crippen molar-refractivity contribution >= 4 is 39.5 Å². The quantitative estimate of drug-likeness (QED) is 0.0222. The van der Waals surface area contributed by atoms with Gasteiger partial charge in [-0.25, -0.2) is 9.13 Å². The normalized spacial score (nSPS) is 13.9. The predicted octanol–water partition coefficient (Wildman–Crippen LogP) is 25.5. The van der Waals surface area contributed by atoms with Crippen molar-refractivity contribution in [3.8, 4) is 0 Å². The molecule has 2 unspecified atom stereocenters. The summed E-state index contributed by atoms with van der Waals surface area (Å²) in [6.07, 6.45) is 66.5. The molecule has 0 aliphatic heterocycles. The molecule has 0 saturated carbocycles. The molecule has 0 spiro atoms. The summed E-state index contributed by atoms with van der Waals surface area (Å²) in [5, 5.41) is 10.7. The molecule has 0 aromatic carbocycles. The average molecular weight is 1510 g/mol. The number of carbonyl (C=O) groups excluding carboxylic acids is 4. The van der Waals surface area contributed by atoms with E-state index < -0.39 is 97.5 Å². The van der Waals surface area contributed by atoms with Gasteiger partial charge in [0.1, 0.15) is 19.3 Å². The zero-order valence-corrected chi connectivity index (χ0v) is 69.4. The summed E-state index contributed by atoms with van der Waals surface area (Å²) in [6, 6.07) is 0. The van der Waals surface area contributed by atoms with Gasteiger partial charge in [0.25, 0.3) is 0 Å². The van der Waals surface area contributed by atoms with Crippen molar-refractivity contribution in [1.82, 2.24) is 0 Å². The predicted molar refractivity (Wildman–Crippen MR) is 423 cm³/mol. The highest BCUT2D eigenvalue weighted by atomic mass is 31.2. The minimum absolute atomic E-state index is 0.108. The molecule has 0 radical (unpaired) electrons. The van der Waals surface area contributed by atoms with E-state index in [4.69, 9.17) is 37.0 Å². The van der Waals surface area contributed by atoms with Gasteiger partial charge in [0.05, 0.1) is 26.4 Å². The molecular formula is C84H164O17P2. The molecule has 0 saturated heterocycles. The van der Waals surface area contributed by atoms with Crippen LogP contribution in [0.2, 0.25) is 0 Å². The Morgan fingerprint density at radius 3 is 0.660 bits per heavy atom. The van der Waals surface area contributed by atoms with Gasteiger partial charge >= 0.3 is 39.5 Å². The molecule has 5 atom stereocenters. The smallest absolute Gasteiger partial charge is 0.462 e. The average Bonchev–Trinajstić information content (AvgIpc) is 0.931. The van der Waals surface area contributed by atoms with Gasteiger partial charge in [-0.15, -0.1) is 0 Å². The molecule has 19 heteroatoms. The van der Waals surface area contributed by atoms with E-state index in [-0.39, 0.29) is 25.7 Å². The first kappa shape index (κ1) is 101. The first-order chi connectivity index (χ1) is 49.9. The number of hydrogen-bond donors (Lipinski definition) is 3. The Morgan fingerprint density at radius 2 is 0.447 bits per heavy atom. The van der Waals surface area contributed by atoms with E-state index in [0.29, 0.717) is 25.7 Å². The summed E-state index contributed by atoms with van der Waals surface area (Å²) >= 11 is 0. The Morgan fingerprint density at radius 1 is 0.262 bits per heavy atom. The fourth-order valence-corrected chi connectivity index (χ4v) is 14.6. The van der Waals surface area contributed by atoms with Crippen LogP contribution in [0, 0.1) is 11.8 Å². The van der Waals surface area contributed by atoms with E-state index >= 15 is 0 Å². The first-order valence-electron chi connectivity index (χ1n) is 43.5. The topological polar surface area (TPSA) is 237 Å². The summed E-state index contributed by atoms with van der Waals surface area (Å²) < 4.78 is 68.9. The molecule has 17 nitrogen and oxygen atoms in total. The Bertz CT molecular complexity index is 1980. The van der Waals surface area contributed by atoms with Crippen molar-refractivity contribution in [2.75, 3.05) is 39.6 Å². The van der Waals surface area contributed by atoms with Crippen LogP contribution >= 0.6 is 15.6 Å². The lowest BCUT2D eigenvalue weighted by molar-refractivity contribution is -0.161. The lowest BCUT2D eigenvalue weighted by Gasteiger charge is -2.21. The monoisotopic (exact) mass is 1510 g/mol. The van der Waals surface area contributed by atoms with E-state index in [1.165, 1.54) is 263 Å². The van der Waals surface area contributed by atoms with Crippen LogP contribution in [0.4, 0.5) is 0 Å². The van der Waals surface area contributed by atoms with Crippen molar-refractivity contribution in [3.05, 3.63) is 0 Å². The van der Waals surface area contributed by atoms with Crippen molar-refractivity contribution in [2.45, 2.75) is 464 Å². The number of rotatable bonds is 83. The number of phosphoric acid groups is 2. The Balaban J connectivity index is 5.26. The van der Waals surface area contributed by atoms with Crippen LogP contribution in [0.5, 0.6) is 0 Å². The lowest BCUT2D eigenvalue weighted by Crippen LogP contribution is -2.30. The van der Waals surface area contributed by atoms with Crippen LogP contribution in [-0.4, -0.2) is 96.7 Å². The third kappa shape index (κ3) is 78.0. The number of carbonyl (C=O) groups is 4. The zero-order chi connectivity index (χ0) is 75.6. The summed E-state index contributed by atoms with van der Waals surface area (Å²) in [5.74, 6) is -0.544. The molecule has 0 heterocycles. The minimum atomic E-state index is -4.96. The molecule has 0 fully saturated rings. The highest BCUT2D eigenvalue weighted by Crippen LogP contribution is 2.45. The van der Waals surface area contributed by atoms with Crippen LogP contribution in [0.25, 0.3) is 0 Å². The van der Waals surface area contributed by atoms with E-state index in [1.54, 1.807) is 0 Å². The summed E-state index contributed by atoms with van der Waals surface area (Å²) in [7, 11) is -9.93. The largest absolute Gasteiger partial charge is 0.472 e. The number of aliphatic hydroxyl groups is 1. The van der Waals surface area contributed by atoms with Gasteiger partial charge in [-0.05, 0) is 37.5 Å². The fourth-order valence-electron chi connectivity index (χ4n) is 13.1. The molecule has 0 aliphatic carbocycles. The maximum absolute atomic E-state index is 13.1. The third-order valence-electron chi connectivity index (χ3n) is 19.7. The summed E-state index contributed by atoms with van der Waals surface area (Å²) in [5.41, 5.74) is 0. The number of hydrogen-bond acceptors (Lipinski definition) is 15. The lowest BCUT2D eigenvalue weighted by atomic mass is 10.0. The summed E-state index contributed by atoms with van der Waals surface area (Å²) in [6.45, 7) is 9.68. The van der Waals surface area contributed by atoms with Gasteiger partial charge < -0.3 is 33.8 Å². The summed E-state index contributed by atoms with van der Waals surface area (Å²) in [4.78, 5) is 73.2. The minimum Gasteiger partial charge on any atom is -0.462 e. The van der Waals surface area contributed by atoms with Gasteiger partial charge in [-0.3, -0.25) is 37.3 Å². The van der Waals surface area contributed by atoms with Gasteiger partial charge in [-0.1, -0.05) is 395 Å². The molecule has 0 amide bonds. The third-order valence-corrected chi connectivity index (χ3v) is 21.6. The first-order valence-corrected chi connectivity index (χ1v) is 46.5. The molecule has 0 aromatic heterocycles. The molecular weight excluding hydrogens is 1340 g/mol. The highest BCUT2D eigenvalue weighted by Gasteiger charge is 2.30. The fraction of sp³-hybridized carbons (Fsp3) is 0.952. The van der Waals surface area contributed by atoms with Crippen molar-refractivity contribution in [3.63, 3.8) is 0 Å². The molecule has 3 N–H and O–H groups in total. The Kier molecular flexibility index (Phi) is 74.1. The van der Waals surface area contributed by atoms with Crippen LogP contribution < -0.4 is 0 Å². The van der Waals surface area contributed by atoms with Crippen molar-refractivity contribution < 1.29 is 80.2 Å². The molecule has 103 heavy (non-hydrogen) atoms. The van der Waals surface area contributed by atoms with Crippen LogP contribution in [-0.2, 0) is 65.4 Å². The van der Waals surface area contributed by atoms with E-state index in [1.807, 2.05) is 0 Å². The number of esters is 4. The second kappa shape index (κ2) is 75.5. The number of phosphoric ester groups is 2. The number of ether oxygens (including phenoxy) is 4. The molecule has 0 aromatic rings. The van der Waals surface area contributed by atoms with Crippen LogP contribution in [0.3, 0.4) is 0 Å². The maximum atomic E-state index is 13.1. The zero-order valence-electron chi connectivity index (χ0n) is 67.6. The Hall–Kier alpha value is -1.94. The second-order valence-electron chi connectivity index (χ2n) is 31.2. The molecule has 612 valence electrons. The Labute approximate surface area is 632 Å². The van der Waals surface area contributed by atoms with E-state index in [9.17, 15) is 43.2 Å². The van der Waals surface area contributed by atoms with Gasteiger partial charge in [0.2, 0.25) is 0 Å². The standard InChI is InChI=1S/C84H164O17P2/c1-7-9-11-13-15-17-19-21-23-24-25-26-27-33-37-45-51-57-63-69-84(89)100-79(72-94-81(86)66-60-54-48-42-35-32-29-28-30-34-40-46-52-58-64-76(3)4)74-98-102(90,91)96-70-78(85)71-97-103(92,93)99-75-80(73-95-82(87)67-61-55-49-43-39-38-41-47-53-59-65-77(5)6)101-83(88)68-62-56-50-44-36-31-22-20-18-16-14-12-10-8-2/h76-80,85H,7-75H2,1-6H3,(H,90,91)(H,92,93)/t78-,79-,80-/m1/s1. The van der Waals surface area contributed by atoms with E-state index in [0.717, 1.165) is 102 Å². The van der Waals surface area contributed by atoms with Gasteiger partial charge in [-0.2, -0.15) is 0 Å². The maximum Gasteiger partial charge on any atom is 0.472 e. The SMILES string of the molecule is CCCCCCCCCCCCCCCCCCCCCC(=O)O[C@H](COC(=O)CCCCCCCCCCCCCCCCC(C)C)COP(=O)(O)OC[C@@H](O)COP(=O)(O)OC[C@@H](COC(=O)CCCCCCCCCCCCC(C)C)OC(=O)CCCCCCCCCCCCCCCC. The van der Waals surface area contributed by atoms with Crippen LogP contribution in [0.15, 0.2) is 0 Å². The van der Waals surface area contributed by atoms with E-state index in [2.05, 4.69) is 41.5 Å². The number of aliphatic hydroxyl groups excluding tert-OH is 1. The van der Waals surface area contributed by atoms with Crippen molar-refractivity contribution in [2.24, 2.45) is 11.8 Å². The molecule has 0 bridgehead atoms. The molecule has 0 aliphatic rings. The number of unbranched alkanes of at least 4 members (excludes halogenated alkanes) is 53. The second-order valence-corrected chi connectivity index (χ2v) is 34.1. The van der Waals surface area contributed by atoms with Gasteiger partial charge in [0, 0.05) is 25.7 Å².